The van der Waals surface area contributed by atoms with E-state index >= 15 is 0 Å². The molecule has 0 unspecified atom stereocenters. The van der Waals surface area contributed by atoms with Crippen molar-refractivity contribution in [2.75, 3.05) is 19.8 Å². The quantitative estimate of drug-likeness (QED) is 0.533. The first-order chi connectivity index (χ1) is 16.2. The van der Waals surface area contributed by atoms with Gasteiger partial charge in [-0.05, 0) is 49.9 Å². The van der Waals surface area contributed by atoms with E-state index in [-0.39, 0.29) is 13.2 Å². The van der Waals surface area contributed by atoms with Crippen LogP contribution in [0.25, 0.3) is 0 Å². The van der Waals surface area contributed by atoms with Crippen LogP contribution in [0.1, 0.15) is 48.1 Å². The zero-order chi connectivity index (χ0) is 24.4. The van der Waals surface area contributed by atoms with Crippen molar-refractivity contribution in [3.63, 3.8) is 0 Å². The van der Waals surface area contributed by atoms with Crippen molar-refractivity contribution in [1.29, 1.82) is 0 Å². The second kappa shape index (κ2) is 9.48. The van der Waals surface area contributed by atoms with Gasteiger partial charge in [0.2, 0.25) is 0 Å². The fraction of sp³-hybridized carbons (Fsp3) is 0.440. The van der Waals surface area contributed by atoms with Gasteiger partial charge in [-0.2, -0.15) is 13.2 Å². The lowest BCUT2D eigenvalue weighted by Crippen LogP contribution is -2.60. The van der Waals surface area contributed by atoms with E-state index in [1.165, 1.54) is 0 Å². The number of aliphatic hydroxyl groups is 1. The van der Waals surface area contributed by atoms with Crippen LogP contribution in [0.2, 0.25) is 0 Å². The Morgan fingerprint density at radius 1 is 1.12 bits per heavy atom. The van der Waals surface area contributed by atoms with Crippen molar-refractivity contribution in [2.45, 2.75) is 50.0 Å². The van der Waals surface area contributed by atoms with Crippen LogP contribution in [0.5, 0.6) is 0 Å². The Kier molecular flexibility index (Phi) is 6.80. The first-order valence-electron chi connectivity index (χ1n) is 11.2. The van der Waals surface area contributed by atoms with Crippen LogP contribution in [0.4, 0.5) is 13.2 Å². The molecule has 0 bridgehead atoms. The average molecular weight is 475 g/mol. The molecule has 34 heavy (non-hydrogen) atoms. The minimum atomic E-state index is -4.41. The molecule has 1 aliphatic heterocycles. The van der Waals surface area contributed by atoms with Crippen LogP contribution in [-0.2, 0) is 22.0 Å². The third-order valence-electron chi connectivity index (χ3n) is 6.84. The van der Waals surface area contributed by atoms with Crippen LogP contribution in [0.3, 0.4) is 0 Å². The molecule has 1 aliphatic rings. The highest BCUT2D eigenvalue weighted by atomic mass is 19.4. The molecule has 1 fully saturated rings. The number of hydrogen-bond donors (Lipinski definition) is 2. The van der Waals surface area contributed by atoms with Crippen molar-refractivity contribution < 1.29 is 23.0 Å². The molecule has 2 N–H and O–H groups in total. The standard InChI is InChI=1S/C25H29F3N4O2/c1-18-10-20(12-22(11-18)25(26,27)28)19(2)34-15-24(21-6-4-3-5-7-21)9-8-23(14-33,13-29-24)32-16-30-31-17-32/h3-7,10-12,16-17,19,29,33H,8-9,13-15H2,1-2H3/t19-,23+,24+/m0/s1. The number of rotatable bonds is 7. The minimum Gasteiger partial charge on any atom is -0.394 e. The van der Waals surface area contributed by atoms with Crippen LogP contribution in [0.15, 0.2) is 61.2 Å². The van der Waals surface area contributed by atoms with Gasteiger partial charge in [-0.1, -0.05) is 42.0 Å². The summed E-state index contributed by atoms with van der Waals surface area (Å²) in [7, 11) is 0. The predicted molar refractivity (Wildman–Crippen MR) is 121 cm³/mol. The summed E-state index contributed by atoms with van der Waals surface area (Å²) in [4.78, 5) is 0. The fourth-order valence-corrected chi connectivity index (χ4v) is 4.62. The number of nitrogens with one attached hydrogen (secondary N) is 1. The molecule has 9 heteroatoms. The van der Waals surface area contributed by atoms with Gasteiger partial charge in [0, 0.05) is 6.54 Å². The van der Waals surface area contributed by atoms with E-state index < -0.39 is 28.9 Å². The van der Waals surface area contributed by atoms with Crippen LogP contribution in [-0.4, -0.2) is 39.6 Å². The maximum Gasteiger partial charge on any atom is 0.416 e. The van der Waals surface area contributed by atoms with Crippen LogP contribution in [0, 0.1) is 6.92 Å². The number of nitrogens with zero attached hydrogens (tertiary/aromatic N) is 3. The monoisotopic (exact) mass is 474 g/mol. The highest BCUT2D eigenvalue weighted by molar-refractivity contribution is 5.32. The second-order valence-electron chi connectivity index (χ2n) is 9.14. The van der Waals surface area contributed by atoms with Gasteiger partial charge in [-0.3, -0.25) is 0 Å². The van der Waals surface area contributed by atoms with E-state index in [1.807, 2.05) is 34.9 Å². The molecule has 0 amide bonds. The number of piperidine rings is 1. The Morgan fingerprint density at radius 2 is 1.82 bits per heavy atom. The summed E-state index contributed by atoms with van der Waals surface area (Å²) in [6, 6.07) is 13.9. The molecule has 2 aromatic carbocycles. The lowest BCUT2D eigenvalue weighted by atomic mass is 9.76. The number of aromatic nitrogens is 3. The highest BCUT2D eigenvalue weighted by Gasteiger charge is 2.45. The number of ether oxygens (including phenoxy) is 1. The number of halogens is 3. The number of benzene rings is 2. The molecule has 1 aromatic heterocycles. The smallest absolute Gasteiger partial charge is 0.394 e. The summed E-state index contributed by atoms with van der Waals surface area (Å²) in [6.07, 6.45) is -0.463. The van der Waals surface area contributed by atoms with E-state index in [0.29, 0.717) is 30.5 Å². The molecule has 0 spiro atoms. The summed E-state index contributed by atoms with van der Waals surface area (Å²) >= 11 is 0. The number of hydrogen-bond acceptors (Lipinski definition) is 5. The largest absolute Gasteiger partial charge is 0.416 e. The second-order valence-corrected chi connectivity index (χ2v) is 9.14. The molecule has 1 saturated heterocycles. The third kappa shape index (κ3) is 4.87. The Hall–Kier alpha value is -2.75. The summed E-state index contributed by atoms with van der Waals surface area (Å²) < 4.78 is 48.0. The van der Waals surface area contributed by atoms with Gasteiger partial charge < -0.3 is 19.7 Å². The maximum atomic E-state index is 13.3. The lowest BCUT2D eigenvalue weighted by molar-refractivity contribution is -0.137. The molecule has 4 rings (SSSR count). The van der Waals surface area contributed by atoms with E-state index in [1.54, 1.807) is 32.6 Å². The topological polar surface area (TPSA) is 72.2 Å². The molecule has 0 radical (unpaired) electrons. The van der Waals surface area contributed by atoms with Crippen LogP contribution >= 0.6 is 0 Å². The Balaban J connectivity index is 1.57. The summed E-state index contributed by atoms with van der Waals surface area (Å²) in [6.45, 7) is 4.06. The normalized spacial score (nSPS) is 24.2. The summed E-state index contributed by atoms with van der Waals surface area (Å²) in [5, 5.41) is 21.5. The van der Waals surface area contributed by atoms with Crippen molar-refractivity contribution >= 4 is 0 Å². The average Bonchev–Trinajstić information content (AvgIpc) is 3.38. The summed E-state index contributed by atoms with van der Waals surface area (Å²) in [5.41, 5.74) is 0.242. The highest BCUT2D eigenvalue weighted by Crippen LogP contribution is 2.39. The van der Waals surface area contributed by atoms with E-state index in [2.05, 4.69) is 15.5 Å². The molecule has 0 aliphatic carbocycles. The lowest BCUT2D eigenvalue weighted by Gasteiger charge is -2.47. The fourth-order valence-electron chi connectivity index (χ4n) is 4.62. The van der Waals surface area contributed by atoms with Gasteiger partial charge in [0.25, 0.3) is 0 Å². The van der Waals surface area contributed by atoms with Gasteiger partial charge in [0.05, 0.1) is 36.0 Å². The first-order valence-corrected chi connectivity index (χ1v) is 11.2. The van der Waals surface area contributed by atoms with Crippen molar-refractivity contribution in [1.82, 2.24) is 20.1 Å². The molecule has 0 saturated carbocycles. The molecule has 2 heterocycles. The maximum absolute atomic E-state index is 13.3. The predicted octanol–water partition coefficient (Wildman–Crippen LogP) is 4.35. The van der Waals surface area contributed by atoms with Gasteiger partial charge in [0.1, 0.15) is 12.7 Å². The van der Waals surface area contributed by atoms with Crippen molar-refractivity contribution in [3.05, 3.63) is 83.4 Å². The first kappa shape index (κ1) is 24.4. The molecular weight excluding hydrogens is 445 g/mol. The zero-order valence-electron chi connectivity index (χ0n) is 19.2. The van der Waals surface area contributed by atoms with Gasteiger partial charge in [0.15, 0.2) is 0 Å². The molecule has 182 valence electrons. The summed E-state index contributed by atoms with van der Waals surface area (Å²) in [5.74, 6) is 0. The van der Waals surface area contributed by atoms with Gasteiger partial charge in [-0.15, -0.1) is 10.2 Å². The number of aryl methyl sites for hydroxylation is 1. The molecular formula is C25H29F3N4O2. The Morgan fingerprint density at radius 3 is 2.41 bits per heavy atom. The van der Waals surface area contributed by atoms with E-state index in [4.69, 9.17) is 4.74 Å². The third-order valence-corrected chi connectivity index (χ3v) is 6.84. The van der Waals surface area contributed by atoms with Crippen molar-refractivity contribution in [3.8, 4) is 0 Å². The zero-order valence-corrected chi connectivity index (χ0v) is 19.2. The Labute approximate surface area is 196 Å². The van der Waals surface area contributed by atoms with Gasteiger partial charge >= 0.3 is 6.18 Å². The van der Waals surface area contributed by atoms with Crippen molar-refractivity contribution in [2.24, 2.45) is 0 Å². The minimum absolute atomic E-state index is 0.0797. The number of alkyl halides is 3. The van der Waals surface area contributed by atoms with Gasteiger partial charge in [-0.25, -0.2) is 0 Å². The van der Waals surface area contributed by atoms with E-state index in [9.17, 15) is 18.3 Å². The molecule has 6 nitrogen and oxygen atoms in total. The SMILES string of the molecule is Cc1cc([C@H](C)OC[C@@]2(c3ccccc3)CC[C@@](CO)(n3cnnc3)CN2)cc(C(F)(F)F)c1. The molecule has 3 atom stereocenters. The van der Waals surface area contributed by atoms with Crippen LogP contribution < -0.4 is 5.32 Å². The number of aliphatic hydroxyl groups excluding tert-OH is 1. The molecule has 3 aromatic rings. The Bertz CT molecular complexity index is 1080. The van der Waals surface area contributed by atoms with E-state index in [0.717, 1.165) is 17.7 Å².